The van der Waals surface area contributed by atoms with Crippen molar-refractivity contribution in [2.75, 3.05) is 0 Å². The number of halogens is 5. The fourth-order valence-corrected chi connectivity index (χ4v) is 14.6. The van der Waals surface area contributed by atoms with Crippen LogP contribution in [0.1, 0.15) is 141 Å². The van der Waals surface area contributed by atoms with Crippen molar-refractivity contribution in [1.82, 2.24) is 33.6 Å². The summed E-state index contributed by atoms with van der Waals surface area (Å²) in [5.74, 6) is -5.19. The fourth-order valence-electron chi connectivity index (χ4n) is 13.3. The summed E-state index contributed by atoms with van der Waals surface area (Å²) in [7, 11) is 0. The molecule has 7 aromatic heterocycles. The quantitative estimate of drug-likeness (QED) is 0.0854. The number of carbonyl (C=O) groups is 3. The van der Waals surface area contributed by atoms with Gasteiger partial charge in [0.1, 0.15) is 23.1 Å². The standard InChI is InChI=1S/C26H20FN3O2S.C25H19F2N3O2.C24H18ClFN4O2/c1-13(2)25-24(23-9-19-22(33-23)10-20(29-19)26(31)32)18-7-14-11-28-12-15(14)8-21(18)30(25)17-5-3-16(27)4-6-17;1-13(2)24-22(16-8-20(27)23(25(31)32)29-12-16)19-7-14-10-28-11-15(14)9-21(19)30(24)18-5-3-17(26)4-6-18;1-12(2)22-20(18-11-28-23(25)21(29-18)24(31)32)17-7-13-9-27-10-14(13)8-19(17)30(22)16-5-3-15(26)4-6-16/h3-10,12-13,29H,11H2,1-2H3,(H,31,32);3-9,11-13H,10H2,1-2H3,(H,31,32);3-8,10-12H,9H2,1-2H3,(H,31,32). The SMILES string of the molecule is CC(C)c1c(-c2cc3[nH]c(C(=O)O)cc3s2)c2cc3c(cc2n1-c1ccc(F)cc1)C=NC3.CC(C)c1c(-c2cnc(C(=O)O)c(F)c2)c2cc3c(cc2n1-c1ccc(F)cc1)C=NC3.CC(C)c1c(-c2cnc(Cl)c(C(=O)O)n2)c2cc3c(cc2n1-c1ccc(F)cc1)C=NC3. The number of aromatic amines is 1. The number of aliphatic imine (C=N–C) groups is 3. The van der Waals surface area contributed by atoms with Gasteiger partial charge in [0.2, 0.25) is 0 Å². The van der Waals surface area contributed by atoms with E-state index in [4.69, 9.17) is 11.6 Å². The van der Waals surface area contributed by atoms with Crippen LogP contribution in [0.2, 0.25) is 5.15 Å². The van der Waals surface area contributed by atoms with Crippen molar-refractivity contribution < 1.29 is 47.3 Å². The third-order valence-electron chi connectivity index (χ3n) is 17.5. The Kier molecular flexibility index (Phi) is 16.2. The van der Waals surface area contributed by atoms with Gasteiger partial charge in [-0.15, -0.1) is 11.3 Å². The minimum absolute atomic E-state index is 0.0215. The van der Waals surface area contributed by atoms with Gasteiger partial charge in [-0.2, -0.15) is 0 Å². The summed E-state index contributed by atoms with van der Waals surface area (Å²) in [6, 6.07) is 36.6. The van der Waals surface area contributed by atoms with E-state index in [9.17, 15) is 47.3 Å². The Morgan fingerprint density at radius 1 is 0.505 bits per heavy atom. The molecule has 3 aliphatic rings. The van der Waals surface area contributed by atoms with Crippen molar-refractivity contribution in [1.29, 1.82) is 0 Å². The van der Waals surface area contributed by atoms with Crippen LogP contribution in [0.3, 0.4) is 0 Å². The monoisotopic (exact) mass is 1340 g/mol. The number of fused-ring (bicyclic) bond motifs is 7. The molecule has 16 nitrogen and oxygen atoms in total. The van der Waals surface area contributed by atoms with Gasteiger partial charge in [0.25, 0.3) is 0 Å². The maximum Gasteiger partial charge on any atom is 0.357 e. The third kappa shape index (κ3) is 11.3. The van der Waals surface area contributed by atoms with E-state index < -0.39 is 29.4 Å². The number of benzene rings is 6. The van der Waals surface area contributed by atoms with Crippen LogP contribution < -0.4 is 0 Å². The van der Waals surface area contributed by atoms with Crippen molar-refractivity contribution >= 4 is 102 Å². The molecule has 4 N–H and O–H groups in total. The second-order valence-corrected chi connectivity index (χ2v) is 26.2. The number of H-pyrrole nitrogens is 1. The van der Waals surface area contributed by atoms with E-state index in [0.717, 1.165) is 126 Å². The van der Waals surface area contributed by atoms with Gasteiger partial charge in [-0.25, -0.2) is 46.9 Å². The number of hydrogen-bond donors (Lipinski definition) is 4. The smallest absolute Gasteiger partial charge is 0.357 e. The number of pyridine rings is 1. The number of thiophene rings is 1. The first-order valence-electron chi connectivity index (χ1n) is 31.0. The Morgan fingerprint density at radius 2 is 0.928 bits per heavy atom. The zero-order valence-corrected chi connectivity index (χ0v) is 54.3. The van der Waals surface area contributed by atoms with Gasteiger partial charge in [0.05, 0.1) is 58.3 Å². The van der Waals surface area contributed by atoms with Crippen LogP contribution >= 0.6 is 22.9 Å². The number of aromatic carboxylic acids is 3. The average Bonchev–Trinajstić information content (AvgIpc) is 1.59. The lowest BCUT2D eigenvalue weighted by Gasteiger charge is -2.16. The molecule has 0 atom stereocenters. The normalized spacial score (nSPS) is 12.8. The van der Waals surface area contributed by atoms with Crippen molar-refractivity contribution in [3.63, 3.8) is 0 Å². The first kappa shape index (κ1) is 63.2. The molecule has 13 aromatic rings. The summed E-state index contributed by atoms with van der Waals surface area (Å²) < 4.78 is 62.9. The highest BCUT2D eigenvalue weighted by Crippen LogP contribution is 2.48. The number of aromatic nitrogens is 7. The van der Waals surface area contributed by atoms with Gasteiger partial charge in [-0.05, 0) is 179 Å². The van der Waals surface area contributed by atoms with Crippen LogP contribution in [0.5, 0.6) is 0 Å². The average molecular weight is 1340 g/mol. The van der Waals surface area contributed by atoms with Gasteiger partial charge in [0.15, 0.2) is 22.4 Å². The van der Waals surface area contributed by atoms with E-state index in [1.54, 1.807) is 41.7 Å². The molecule has 6 aromatic carbocycles. The molecule has 16 rings (SSSR count). The Morgan fingerprint density at radius 3 is 1.34 bits per heavy atom. The van der Waals surface area contributed by atoms with Crippen molar-refractivity contribution in [2.45, 2.75) is 78.9 Å². The fraction of sp³-hybridized carbons (Fsp3) is 0.160. The third-order valence-corrected chi connectivity index (χ3v) is 18.8. The highest BCUT2D eigenvalue weighted by Gasteiger charge is 2.30. The van der Waals surface area contributed by atoms with E-state index in [1.165, 1.54) is 60.4 Å². The minimum Gasteiger partial charge on any atom is -0.477 e. The summed E-state index contributed by atoms with van der Waals surface area (Å²) in [5.41, 5.74) is 18.4. The van der Waals surface area contributed by atoms with Crippen molar-refractivity contribution in [2.24, 2.45) is 15.0 Å². The molecule has 484 valence electrons. The molecule has 0 amide bonds. The topological polar surface area (TPSA) is 218 Å². The molecular weight excluding hydrogens is 1280 g/mol. The first-order valence-corrected chi connectivity index (χ1v) is 32.2. The van der Waals surface area contributed by atoms with E-state index in [2.05, 4.69) is 82.2 Å². The Balaban J connectivity index is 0.000000125. The molecule has 22 heteroatoms. The summed E-state index contributed by atoms with van der Waals surface area (Å²) in [6.45, 7) is 14.3. The number of nitrogens with zero attached hydrogens (tertiary/aromatic N) is 9. The molecule has 10 heterocycles. The number of hydrogen-bond acceptors (Lipinski definition) is 10. The zero-order valence-electron chi connectivity index (χ0n) is 52.8. The number of carboxylic acids is 3. The highest BCUT2D eigenvalue weighted by atomic mass is 35.5. The first-order chi connectivity index (χ1) is 46.6. The molecule has 0 saturated carbocycles. The van der Waals surface area contributed by atoms with Crippen LogP contribution in [-0.2, 0) is 19.6 Å². The Hall–Kier alpha value is -11.2. The molecule has 0 bridgehead atoms. The zero-order chi connectivity index (χ0) is 68.0. The van der Waals surface area contributed by atoms with Crippen LogP contribution in [0.15, 0.2) is 155 Å². The van der Waals surface area contributed by atoms with Crippen LogP contribution in [0, 0.1) is 23.3 Å². The molecule has 0 spiro atoms. The van der Waals surface area contributed by atoms with Crippen LogP contribution in [0.4, 0.5) is 17.6 Å². The molecule has 3 aliphatic heterocycles. The second-order valence-electron chi connectivity index (χ2n) is 24.7. The highest BCUT2D eigenvalue weighted by molar-refractivity contribution is 7.22. The molecule has 0 unspecified atom stereocenters. The van der Waals surface area contributed by atoms with E-state index in [-0.39, 0.29) is 51.7 Å². The van der Waals surface area contributed by atoms with Gasteiger partial charge in [-0.1, -0.05) is 53.1 Å². The van der Waals surface area contributed by atoms with Gasteiger partial charge < -0.3 is 34.0 Å². The molecular formula is C75H57ClF4N10O6S. The van der Waals surface area contributed by atoms with Gasteiger partial charge >= 0.3 is 17.9 Å². The number of nitrogens with one attached hydrogen (secondary N) is 1. The number of rotatable bonds is 12. The largest absolute Gasteiger partial charge is 0.477 e. The minimum atomic E-state index is -1.41. The summed E-state index contributed by atoms with van der Waals surface area (Å²) in [5, 5.41) is 30.7. The Labute approximate surface area is 559 Å². The summed E-state index contributed by atoms with van der Waals surface area (Å²) in [6.07, 6.45) is 8.47. The lowest BCUT2D eigenvalue weighted by molar-refractivity contribution is 0.0676. The maximum atomic E-state index is 14.6. The molecule has 97 heavy (non-hydrogen) atoms. The molecule has 0 aliphatic carbocycles. The van der Waals surface area contributed by atoms with E-state index in [0.29, 0.717) is 30.9 Å². The van der Waals surface area contributed by atoms with Crippen LogP contribution in [0.25, 0.3) is 92.8 Å². The number of carboxylic acid groups (broad SMARTS) is 3. The van der Waals surface area contributed by atoms with Crippen molar-refractivity contribution in [3.05, 3.63) is 236 Å². The molecule has 0 radical (unpaired) electrons. The van der Waals surface area contributed by atoms with Gasteiger partial charge in [0, 0.05) is 102 Å². The predicted octanol–water partition coefficient (Wildman–Crippen LogP) is 18.1. The Bertz CT molecular complexity index is 5500. The lowest BCUT2D eigenvalue weighted by atomic mass is 9.96. The van der Waals surface area contributed by atoms with E-state index >= 15 is 0 Å². The predicted molar refractivity (Wildman–Crippen MR) is 371 cm³/mol. The summed E-state index contributed by atoms with van der Waals surface area (Å²) in [4.78, 5) is 63.8. The van der Waals surface area contributed by atoms with Crippen molar-refractivity contribution in [3.8, 4) is 49.9 Å². The maximum absolute atomic E-state index is 14.6. The molecule has 0 fully saturated rings. The van der Waals surface area contributed by atoms with Gasteiger partial charge in [-0.3, -0.25) is 15.0 Å². The van der Waals surface area contributed by atoms with E-state index in [1.807, 2.05) is 81.2 Å². The second kappa shape index (κ2) is 24.9. The lowest BCUT2D eigenvalue weighted by Crippen LogP contribution is -2.06. The molecule has 0 saturated heterocycles. The van der Waals surface area contributed by atoms with Crippen LogP contribution in [-0.4, -0.2) is 85.5 Å². The summed E-state index contributed by atoms with van der Waals surface area (Å²) >= 11 is 7.56.